The van der Waals surface area contributed by atoms with Crippen LogP contribution in [0.5, 0.6) is 0 Å². The summed E-state index contributed by atoms with van der Waals surface area (Å²) in [6.45, 7) is 5.77. The lowest BCUT2D eigenvalue weighted by atomic mass is 9.99. The van der Waals surface area contributed by atoms with E-state index < -0.39 is 67.4 Å². The van der Waals surface area contributed by atoms with Gasteiger partial charge in [-0.1, -0.05) is 256 Å². The Morgan fingerprint density at radius 2 is 0.896 bits per heavy atom. The van der Waals surface area contributed by atoms with Gasteiger partial charge in [-0.05, 0) is 83.5 Å². The number of rotatable bonds is 55. The summed E-state index contributed by atoms with van der Waals surface area (Å²) < 4.78 is 17.6. The monoisotopic (exact) mass is 1090 g/mol. The molecule has 1 saturated heterocycles. The van der Waals surface area contributed by atoms with Crippen LogP contribution in [-0.2, 0) is 23.8 Å². The first-order valence-corrected chi connectivity index (χ1v) is 32.4. The van der Waals surface area contributed by atoms with Crippen molar-refractivity contribution in [3.63, 3.8) is 0 Å². The average molecular weight is 1090 g/mol. The fourth-order valence-electron chi connectivity index (χ4n) is 10.0. The molecule has 0 aromatic carbocycles. The van der Waals surface area contributed by atoms with E-state index in [-0.39, 0.29) is 19.4 Å². The van der Waals surface area contributed by atoms with Crippen molar-refractivity contribution in [2.45, 2.75) is 346 Å². The van der Waals surface area contributed by atoms with Crippen molar-refractivity contribution in [2.75, 3.05) is 13.2 Å². The van der Waals surface area contributed by atoms with Crippen molar-refractivity contribution in [1.82, 2.24) is 5.32 Å². The van der Waals surface area contributed by atoms with E-state index in [0.29, 0.717) is 12.8 Å². The summed E-state index contributed by atoms with van der Waals surface area (Å²) in [7, 11) is 0. The number of hydrogen-bond donors (Lipinski definition) is 6. The van der Waals surface area contributed by atoms with Crippen molar-refractivity contribution in [3.05, 3.63) is 48.6 Å². The molecule has 11 heteroatoms. The van der Waals surface area contributed by atoms with Crippen molar-refractivity contribution in [1.29, 1.82) is 0 Å². The molecule has 0 spiro atoms. The van der Waals surface area contributed by atoms with Crippen LogP contribution < -0.4 is 5.32 Å². The fraction of sp³-hybridized carbons (Fsp3) is 0.848. The average Bonchev–Trinajstić information content (AvgIpc) is 3.43. The summed E-state index contributed by atoms with van der Waals surface area (Å²) in [5.74, 6) is -1.20. The number of aliphatic hydroxyl groups is 5. The second-order valence-corrected chi connectivity index (χ2v) is 22.5. The highest BCUT2D eigenvalue weighted by Gasteiger charge is 2.47. The number of nitrogens with one attached hydrogen (secondary N) is 1. The van der Waals surface area contributed by atoms with E-state index in [1.54, 1.807) is 6.08 Å². The molecule has 1 amide bonds. The predicted octanol–water partition coefficient (Wildman–Crippen LogP) is 15.6. The standard InChI is InChI=1S/C66H121NO10/c1-4-7-10-13-16-19-22-25-27-28-29-30-31-32-33-34-35-38-41-44-47-50-53-59(70)65(74)67-57(58(69)52-49-46-43-40-37-24-21-18-15-12-9-6-3)56-75-66-64(63(73)62(72)60(55-68)76-66)77-61(71)54-51-48-45-42-39-36-26-23-20-17-14-11-8-5-2/h16,19,25,27,36,39,49,52,57-60,62-64,66,68-70,72-73H,4-15,17-18,20-24,26,28-35,37-38,40-48,50-51,53-56H2,1-3H3,(H,67,74)/b19-16-,27-25-,39-36-,52-49+. The Labute approximate surface area is 472 Å². The number of allylic oxidation sites excluding steroid dienone is 7. The molecule has 1 aliphatic heterocycles. The lowest BCUT2D eigenvalue weighted by Crippen LogP contribution is -2.61. The van der Waals surface area contributed by atoms with Crippen molar-refractivity contribution in [2.24, 2.45) is 0 Å². The van der Waals surface area contributed by atoms with Crippen LogP contribution in [0.25, 0.3) is 0 Å². The third-order valence-electron chi connectivity index (χ3n) is 15.2. The zero-order valence-corrected chi connectivity index (χ0v) is 49.8. The molecule has 0 aliphatic carbocycles. The van der Waals surface area contributed by atoms with E-state index in [4.69, 9.17) is 14.2 Å². The highest BCUT2D eigenvalue weighted by atomic mass is 16.7. The Morgan fingerprint density at radius 3 is 1.36 bits per heavy atom. The van der Waals surface area contributed by atoms with E-state index in [0.717, 1.165) is 70.6 Å². The molecule has 0 bridgehead atoms. The summed E-state index contributed by atoms with van der Waals surface area (Å²) in [6, 6.07) is -1.03. The van der Waals surface area contributed by atoms with E-state index in [2.05, 4.69) is 62.5 Å². The number of hydrogen-bond acceptors (Lipinski definition) is 10. The Morgan fingerprint density at radius 1 is 0.506 bits per heavy atom. The number of amides is 1. The van der Waals surface area contributed by atoms with E-state index >= 15 is 0 Å². The zero-order valence-electron chi connectivity index (χ0n) is 49.8. The van der Waals surface area contributed by atoms with E-state index in [1.165, 1.54) is 180 Å². The summed E-state index contributed by atoms with van der Waals surface area (Å²) in [5.41, 5.74) is 0. The minimum Gasteiger partial charge on any atom is -0.454 e. The van der Waals surface area contributed by atoms with Crippen LogP contribution in [0.1, 0.15) is 297 Å². The lowest BCUT2D eigenvalue weighted by molar-refractivity contribution is -0.305. The fourth-order valence-corrected chi connectivity index (χ4v) is 10.0. The molecule has 1 heterocycles. The second kappa shape index (κ2) is 54.2. The largest absolute Gasteiger partial charge is 0.454 e. The smallest absolute Gasteiger partial charge is 0.306 e. The molecule has 1 fully saturated rings. The molecule has 450 valence electrons. The summed E-state index contributed by atoms with van der Waals surface area (Å²) in [5, 5.41) is 57.0. The van der Waals surface area contributed by atoms with E-state index in [1.807, 2.05) is 6.08 Å². The molecule has 8 atom stereocenters. The number of unbranched alkanes of at least 4 members (excludes halogenated alkanes) is 35. The van der Waals surface area contributed by atoms with Crippen LogP contribution in [0.4, 0.5) is 0 Å². The molecule has 1 aliphatic rings. The van der Waals surface area contributed by atoms with Gasteiger partial charge in [-0.2, -0.15) is 0 Å². The molecule has 0 saturated carbocycles. The normalized spacial score (nSPS) is 19.3. The summed E-state index contributed by atoms with van der Waals surface area (Å²) >= 11 is 0. The maximum absolute atomic E-state index is 13.4. The van der Waals surface area contributed by atoms with Gasteiger partial charge < -0.3 is 45.1 Å². The number of ether oxygens (including phenoxy) is 3. The molecule has 6 N–H and O–H groups in total. The maximum atomic E-state index is 13.4. The van der Waals surface area contributed by atoms with Crippen molar-refractivity contribution in [3.8, 4) is 0 Å². The lowest BCUT2D eigenvalue weighted by Gasteiger charge is -2.41. The molecule has 77 heavy (non-hydrogen) atoms. The van der Waals surface area contributed by atoms with E-state index in [9.17, 15) is 35.1 Å². The number of carbonyl (C=O) groups excluding carboxylic acids is 2. The van der Waals surface area contributed by atoms with Crippen LogP contribution in [0.2, 0.25) is 0 Å². The van der Waals surface area contributed by atoms with Gasteiger partial charge in [0.25, 0.3) is 0 Å². The summed E-state index contributed by atoms with van der Waals surface area (Å²) in [4.78, 5) is 26.5. The molecule has 1 rings (SSSR count). The van der Waals surface area contributed by atoms with Gasteiger partial charge in [-0.3, -0.25) is 9.59 Å². The van der Waals surface area contributed by atoms with Crippen LogP contribution in [0.15, 0.2) is 48.6 Å². The number of aliphatic hydroxyl groups excluding tert-OH is 5. The number of esters is 1. The Balaban J connectivity index is 2.63. The Kier molecular flexibility index (Phi) is 51.1. The van der Waals surface area contributed by atoms with Crippen LogP contribution >= 0.6 is 0 Å². The molecule has 0 aromatic heterocycles. The van der Waals surface area contributed by atoms with Crippen LogP contribution in [0, 0.1) is 0 Å². The van der Waals surface area contributed by atoms with Gasteiger partial charge in [-0.15, -0.1) is 0 Å². The third kappa shape index (κ3) is 42.2. The quantitative estimate of drug-likeness (QED) is 0.0195. The zero-order chi connectivity index (χ0) is 56.1. The second-order valence-electron chi connectivity index (χ2n) is 22.5. The maximum Gasteiger partial charge on any atom is 0.306 e. The molecule has 0 aromatic rings. The predicted molar refractivity (Wildman–Crippen MR) is 320 cm³/mol. The minimum absolute atomic E-state index is 0.104. The first-order valence-electron chi connectivity index (χ1n) is 32.4. The highest BCUT2D eigenvalue weighted by Crippen LogP contribution is 2.26. The first kappa shape index (κ1) is 72.6. The topological polar surface area (TPSA) is 175 Å². The summed E-state index contributed by atoms with van der Waals surface area (Å²) in [6.07, 6.45) is 55.8. The van der Waals surface area contributed by atoms with Gasteiger partial charge in [0.15, 0.2) is 12.4 Å². The molecule has 11 nitrogen and oxygen atoms in total. The van der Waals surface area contributed by atoms with Gasteiger partial charge in [0, 0.05) is 6.42 Å². The van der Waals surface area contributed by atoms with Crippen molar-refractivity contribution >= 4 is 11.9 Å². The van der Waals surface area contributed by atoms with Crippen LogP contribution in [0.3, 0.4) is 0 Å². The minimum atomic E-state index is -1.62. The van der Waals surface area contributed by atoms with Gasteiger partial charge >= 0.3 is 5.97 Å². The molecule has 8 unspecified atom stereocenters. The molecular formula is C66H121NO10. The van der Waals surface area contributed by atoms with Gasteiger partial charge in [0.1, 0.15) is 24.4 Å². The number of carbonyl (C=O) groups is 2. The molecular weight excluding hydrogens is 967 g/mol. The van der Waals surface area contributed by atoms with Crippen LogP contribution in [-0.4, -0.2) is 99.6 Å². The first-order chi connectivity index (χ1) is 37.7. The Bertz CT molecular complexity index is 1440. The van der Waals surface area contributed by atoms with Crippen molar-refractivity contribution < 1.29 is 49.3 Å². The highest BCUT2D eigenvalue weighted by molar-refractivity contribution is 5.80. The van der Waals surface area contributed by atoms with Gasteiger partial charge in [-0.25, -0.2) is 0 Å². The van der Waals surface area contributed by atoms with Gasteiger partial charge in [0.05, 0.1) is 25.4 Å². The van der Waals surface area contributed by atoms with Gasteiger partial charge in [0.2, 0.25) is 5.91 Å². The molecule has 0 radical (unpaired) electrons. The third-order valence-corrected chi connectivity index (χ3v) is 15.2. The SMILES string of the molecule is CCCCC/C=C\C/C=C\CCCCCCCCCCCCCCC(O)C(=O)NC(COC1OC(CO)C(O)C(O)C1OC(=O)CCCCC/C=C\CCCCCCCCC)C(O)/C=C/CCCCCCCCCCCC. The Hall–Kier alpha value is -2.38.